The van der Waals surface area contributed by atoms with Crippen molar-refractivity contribution in [3.8, 4) is 0 Å². The molecule has 4 heteroatoms. The molecule has 2 aromatic heterocycles. The minimum atomic E-state index is -1.13. The zero-order chi connectivity index (χ0) is 13.4. The molecule has 3 nitrogen and oxygen atoms in total. The van der Waals surface area contributed by atoms with E-state index in [1.165, 1.54) is 12.3 Å². The molecule has 0 aliphatic rings. The number of pyridine rings is 1. The van der Waals surface area contributed by atoms with Gasteiger partial charge in [0, 0.05) is 17.1 Å². The van der Waals surface area contributed by atoms with Gasteiger partial charge in [-0.05, 0) is 24.6 Å². The Balaban J connectivity index is 2.10. The fourth-order valence-corrected chi connectivity index (χ4v) is 2.12. The highest BCUT2D eigenvalue weighted by Crippen LogP contribution is 2.30. The maximum absolute atomic E-state index is 13.6. The minimum absolute atomic E-state index is 0.159. The standard InChI is InChI=1S/C15H12FNO2/c1-9-3-2-4-10-7-13(19-15(9)10)14(18)11-5-6-17-8-12(11)16/h2-8,14,18H,1H3. The highest BCUT2D eigenvalue weighted by molar-refractivity contribution is 5.81. The van der Waals surface area contributed by atoms with Gasteiger partial charge in [-0.1, -0.05) is 18.2 Å². The molecule has 2 heterocycles. The molecule has 1 N–H and O–H groups in total. The summed E-state index contributed by atoms with van der Waals surface area (Å²) in [5, 5.41) is 11.1. The molecule has 0 fully saturated rings. The maximum Gasteiger partial charge on any atom is 0.147 e. The van der Waals surface area contributed by atoms with E-state index in [9.17, 15) is 9.50 Å². The van der Waals surface area contributed by atoms with Gasteiger partial charge in [0.15, 0.2) is 0 Å². The Labute approximate surface area is 109 Å². The Kier molecular flexibility index (Phi) is 2.80. The number of nitrogens with zero attached hydrogens (tertiary/aromatic N) is 1. The summed E-state index contributed by atoms with van der Waals surface area (Å²) in [4.78, 5) is 3.66. The van der Waals surface area contributed by atoms with E-state index in [0.29, 0.717) is 11.3 Å². The van der Waals surface area contributed by atoms with Gasteiger partial charge in [-0.25, -0.2) is 4.39 Å². The van der Waals surface area contributed by atoms with Crippen molar-refractivity contribution in [3.63, 3.8) is 0 Å². The smallest absolute Gasteiger partial charge is 0.147 e. The molecule has 1 aromatic carbocycles. The van der Waals surface area contributed by atoms with Crippen molar-refractivity contribution in [3.05, 3.63) is 65.4 Å². The first kappa shape index (κ1) is 11.9. The predicted molar refractivity (Wildman–Crippen MR) is 69.2 cm³/mol. The molecule has 96 valence electrons. The molecular weight excluding hydrogens is 245 g/mol. The SMILES string of the molecule is Cc1cccc2cc(C(O)c3ccncc3F)oc12. The van der Waals surface area contributed by atoms with Crippen LogP contribution in [-0.2, 0) is 0 Å². The minimum Gasteiger partial charge on any atom is -0.458 e. The quantitative estimate of drug-likeness (QED) is 0.765. The second-order valence-electron chi connectivity index (χ2n) is 4.44. The molecule has 0 saturated heterocycles. The van der Waals surface area contributed by atoms with Crippen LogP contribution >= 0.6 is 0 Å². The molecule has 19 heavy (non-hydrogen) atoms. The fourth-order valence-electron chi connectivity index (χ4n) is 2.12. The van der Waals surface area contributed by atoms with Crippen LogP contribution in [0.5, 0.6) is 0 Å². The average molecular weight is 257 g/mol. The lowest BCUT2D eigenvalue weighted by molar-refractivity contribution is 0.187. The first-order chi connectivity index (χ1) is 9.16. The summed E-state index contributed by atoms with van der Waals surface area (Å²) < 4.78 is 19.2. The van der Waals surface area contributed by atoms with E-state index in [1.807, 2.05) is 25.1 Å². The molecule has 0 aliphatic heterocycles. The third kappa shape index (κ3) is 2.00. The third-order valence-corrected chi connectivity index (χ3v) is 3.13. The van der Waals surface area contributed by atoms with Crippen LogP contribution in [-0.4, -0.2) is 10.1 Å². The van der Waals surface area contributed by atoms with Gasteiger partial charge in [0.25, 0.3) is 0 Å². The van der Waals surface area contributed by atoms with Crippen LogP contribution < -0.4 is 0 Å². The third-order valence-electron chi connectivity index (χ3n) is 3.13. The van der Waals surface area contributed by atoms with Gasteiger partial charge in [-0.15, -0.1) is 0 Å². The summed E-state index contributed by atoms with van der Waals surface area (Å²) in [6.07, 6.45) is 1.39. The van der Waals surface area contributed by atoms with Gasteiger partial charge < -0.3 is 9.52 Å². The van der Waals surface area contributed by atoms with E-state index in [-0.39, 0.29) is 5.56 Å². The Morgan fingerprint density at radius 3 is 2.89 bits per heavy atom. The van der Waals surface area contributed by atoms with Gasteiger partial charge in [0.2, 0.25) is 0 Å². The van der Waals surface area contributed by atoms with Gasteiger partial charge in [-0.2, -0.15) is 0 Å². The summed E-state index contributed by atoms with van der Waals surface area (Å²) in [5.74, 6) is -0.221. The molecule has 0 amide bonds. The number of benzene rings is 1. The van der Waals surface area contributed by atoms with E-state index in [2.05, 4.69) is 4.98 Å². The van der Waals surface area contributed by atoms with Crippen LogP contribution in [0.3, 0.4) is 0 Å². The molecule has 0 aliphatic carbocycles. The van der Waals surface area contributed by atoms with Crippen molar-refractivity contribution in [1.82, 2.24) is 4.98 Å². The molecule has 0 bridgehead atoms. The van der Waals surface area contributed by atoms with Crippen molar-refractivity contribution in [1.29, 1.82) is 0 Å². The Morgan fingerprint density at radius 2 is 2.16 bits per heavy atom. The van der Waals surface area contributed by atoms with Gasteiger partial charge in [0.1, 0.15) is 23.3 Å². The molecule has 0 radical (unpaired) electrons. The number of aliphatic hydroxyl groups is 1. The van der Waals surface area contributed by atoms with Gasteiger partial charge in [-0.3, -0.25) is 4.98 Å². The lowest BCUT2D eigenvalue weighted by atomic mass is 10.1. The molecule has 3 rings (SSSR count). The molecular formula is C15H12FNO2. The molecule has 1 atom stereocenters. The van der Waals surface area contributed by atoms with Crippen molar-refractivity contribution in [2.45, 2.75) is 13.0 Å². The van der Waals surface area contributed by atoms with Crippen LogP contribution in [0.4, 0.5) is 4.39 Å². The van der Waals surface area contributed by atoms with E-state index in [4.69, 9.17) is 4.42 Å². The summed E-state index contributed by atoms with van der Waals surface area (Å²) in [5.41, 5.74) is 1.85. The van der Waals surface area contributed by atoms with Gasteiger partial charge in [0.05, 0.1) is 6.20 Å². The normalized spacial score (nSPS) is 12.8. The van der Waals surface area contributed by atoms with Crippen LogP contribution in [0, 0.1) is 12.7 Å². The van der Waals surface area contributed by atoms with Gasteiger partial charge >= 0.3 is 0 Å². The fraction of sp³-hybridized carbons (Fsp3) is 0.133. The molecule has 3 aromatic rings. The number of aliphatic hydroxyl groups excluding tert-OH is 1. The Hall–Kier alpha value is -2.20. The Morgan fingerprint density at radius 1 is 1.32 bits per heavy atom. The lowest BCUT2D eigenvalue weighted by Gasteiger charge is -2.08. The average Bonchev–Trinajstić information content (AvgIpc) is 2.84. The zero-order valence-electron chi connectivity index (χ0n) is 10.3. The first-order valence-corrected chi connectivity index (χ1v) is 5.93. The van der Waals surface area contributed by atoms with Crippen LogP contribution in [0.2, 0.25) is 0 Å². The highest BCUT2D eigenvalue weighted by atomic mass is 19.1. The van der Waals surface area contributed by atoms with Crippen molar-refractivity contribution in [2.24, 2.45) is 0 Å². The maximum atomic E-state index is 13.6. The van der Waals surface area contributed by atoms with Crippen LogP contribution in [0.1, 0.15) is 23.0 Å². The topological polar surface area (TPSA) is 46.3 Å². The number of para-hydroxylation sites is 1. The largest absolute Gasteiger partial charge is 0.458 e. The number of rotatable bonds is 2. The number of hydrogen-bond acceptors (Lipinski definition) is 3. The van der Waals surface area contributed by atoms with Crippen molar-refractivity contribution >= 4 is 11.0 Å². The van der Waals surface area contributed by atoms with E-state index < -0.39 is 11.9 Å². The van der Waals surface area contributed by atoms with E-state index >= 15 is 0 Å². The van der Waals surface area contributed by atoms with E-state index in [1.54, 1.807) is 6.07 Å². The Bertz CT molecular complexity index is 736. The number of furan rings is 1. The summed E-state index contributed by atoms with van der Waals surface area (Å²) in [7, 11) is 0. The number of halogens is 1. The molecule has 1 unspecified atom stereocenters. The zero-order valence-corrected chi connectivity index (χ0v) is 10.3. The number of aromatic nitrogens is 1. The summed E-state index contributed by atoms with van der Waals surface area (Å²) in [6, 6.07) is 8.91. The van der Waals surface area contributed by atoms with E-state index in [0.717, 1.165) is 17.1 Å². The summed E-state index contributed by atoms with van der Waals surface area (Å²) in [6.45, 7) is 1.93. The van der Waals surface area contributed by atoms with Crippen molar-refractivity contribution < 1.29 is 13.9 Å². The monoisotopic (exact) mass is 257 g/mol. The number of fused-ring (bicyclic) bond motifs is 1. The van der Waals surface area contributed by atoms with Crippen molar-refractivity contribution in [2.75, 3.05) is 0 Å². The van der Waals surface area contributed by atoms with Crippen LogP contribution in [0.15, 0.2) is 47.1 Å². The predicted octanol–water partition coefficient (Wildman–Crippen LogP) is 3.36. The number of hydrogen-bond donors (Lipinski definition) is 1. The van der Waals surface area contributed by atoms with Crippen LogP contribution in [0.25, 0.3) is 11.0 Å². The molecule has 0 saturated carbocycles. The first-order valence-electron chi connectivity index (χ1n) is 5.93. The second kappa shape index (κ2) is 4.48. The lowest BCUT2D eigenvalue weighted by Crippen LogP contribution is -2.01. The highest BCUT2D eigenvalue weighted by Gasteiger charge is 2.19. The summed E-state index contributed by atoms with van der Waals surface area (Å²) >= 11 is 0. The number of aryl methyl sites for hydroxylation is 1. The molecule has 0 spiro atoms. The second-order valence-corrected chi connectivity index (χ2v) is 4.44.